The normalized spacial score (nSPS) is 15.2. The van der Waals surface area contributed by atoms with Gasteiger partial charge in [-0.05, 0) is 12.1 Å². The molecule has 0 spiro atoms. The highest BCUT2D eigenvalue weighted by Gasteiger charge is 2.25. The van der Waals surface area contributed by atoms with Crippen molar-refractivity contribution >= 4 is 35.0 Å². The number of amides is 2. The molecule has 1 aliphatic heterocycles. The third kappa shape index (κ3) is 3.67. The maximum absolute atomic E-state index is 12.4. The summed E-state index contributed by atoms with van der Waals surface area (Å²) in [6.45, 7) is 2.34. The van der Waals surface area contributed by atoms with Crippen LogP contribution in [0.15, 0.2) is 18.2 Å². The van der Waals surface area contributed by atoms with Crippen LogP contribution in [0.1, 0.15) is 16.8 Å². The maximum Gasteiger partial charge on any atom is 0.255 e. The first-order valence-electron chi connectivity index (χ1n) is 6.75. The van der Waals surface area contributed by atoms with Gasteiger partial charge in [0.2, 0.25) is 5.91 Å². The minimum absolute atomic E-state index is 0.0328. The van der Waals surface area contributed by atoms with E-state index in [9.17, 15) is 9.59 Å². The Morgan fingerprint density at radius 2 is 1.71 bits per heavy atom. The first kappa shape index (κ1) is 16.1. The minimum Gasteiger partial charge on any atom is -0.339 e. The second kappa shape index (κ2) is 7.11. The molecular weight excluding hydrogens is 313 g/mol. The van der Waals surface area contributed by atoms with Gasteiger partial charge in [0, 0.05) is 39.1 Å². The van der Waals surface area contributed by atoms with Crippen LogP contribution in [0.25, 0.3) is 0 Å². The summed E-state index contributed by atoms with van der Waals surface area (Å²) in [5.74, 6) is -0.126. The summed E-state index contributed by atoms with van der Waals surface area (Å²) in [6.07, 6.45) is 0.341. The van der Waals surface area contributed by atoms with Crippen LogP contribution in [0.5, 0.6) is 0 Å². The molecule has 0 unspecified atom stereocenters. The van der Waals surface area contributed by atoms with Crippen molar-refractivity contribution in [3.63, 3.8) is 0 Å². The van der Waals surface area contributed by atoms with Gasteiger partial charge in [0.05, 0.1) is 15.6 Å². The molecule has 0 aromatic heterocycles. The quantitative estimate of drug-likeness (QED) is 0.916. The Hall–Kier alpha value is -1.30. The van der Waals surface area contributed by atoms with Crippen LogP contribution in [-0.2, 0) is 4.79 Å². The summed E-state index contributed by atoms with van der Waals surface area (Å²) in [5, 5.41) is 0.630. The Morgan fingerprint density at radius 1 is 1.10 bits per heavy atom. The van der Waals surface area contributed by atoms with Gasteiger partial charge >= 0.3 is 0 Å². The Morgan fingerprint density at radius 3 is 2.33 bits per heavy atom. The molecule has 1 aromatic rings. The fraction of sp³-hybridized carbons (Fsp3) is 0.429. The largest absolute Gasteiger partial charge is 0.339 e. The van der Waals surface area contributed by atoms with Crippen LogP contribution in [-0.4, -0.2) is 54.3 Å². The van der Waals surface area contributed by atoms with Crippen LogP contribution in [0, 0.1) is 0 Å². The van der Waals surface area contributed by atoms with Crippen LogP contribution in [0.3, 0.4) is 0 Å². The topological polar surface area (TPSA) is 66.6 Å². The molecule has 5 nitrogen and oxygen atoms in total. The molecular formula is C14H17Cl2N3O2. The molecule has 0 aliphatic carbocycles. The Bertz CT molecular complexity index is 543. The summed E-state index contributed by atoms with van der Waals surface area (Å²) in [6, 6.07) is 5.00. The molecule has 1 aliphatic rings. The van der Waals surface area contributed by atoms with Crippen molar-refractivity contribution in [1.29, 1.82) is 0 Å². The lowest BCUT2D eigenvalue weighted by Gasteiger charge is -2.35. The number of carbonyl (C=O) groups excluding carboxylic acids is 2. The van der Waals surface area contributed by atoms with E-state index in [0.717, 1.165) is 0 Å². The molecule has 1 heterocycles. The van der Waals surface area contributed by atoms with E-state index in [4.69, 9.17) is 28.9 Å². The average molecular weight is 330 g/mol. The van der Waals surface area contributed by atoms with Crippen molar-refractivity contribution < 1.29 is 9.59 Å². The molecule has 7 heteroatoms. The number of rotatable bonds is 3. The minimum atomic E-state index is -0.159. The molecule has 0 radical (unpaired) electrons. The number of benzene rings is 1. The van der Waals surface area contributed by atoms with Gasteiger partial charge in [-0.3, -0.25) is 9.59 Å². The van der Waals surface area contributed by atoms with Crippen LogP contribution >= 0.6 is 23.2 Å². The first-order valence-corrected chi connectivity index (χ1v) is 7.51. The number of hydrogen-bond acceptors (Lipinski definition) is 3. The van der Waals surface area contributed by atoms with Crippen molar-refractivity contribution in [2.75, 3.05) is 32.7 Å². The molecule has 21 heavy (non-hydrogen) atoms. The van der Waals surface area contributed by atoms with E-state index < -0.39 is 0 Å². The second-order valence-corrected chi connectivity index (χ2v) is 5.60. The van der Waals surface area contributed by atoms with Gasteiger partial charge in [-0.2, -0.15) is 0 Å². The summed E-state index contributed by atoms with van der Waals surface area (Å²) in [5.41, 5.74) is 5.77. The Kier molecular flexibility index (Phi) is 5.45. The summed E-state index contributed by atoms with van der Waals surface area (Å²) in [4.78, 5) is 27.6. The predicted molar refractivity (Wildman–Crippen MR) is 82.6 cm³/mol. The van der Waals surface area contributed by atoms with Gasteiger partial charge in [-0.1, -0.05) is 29.3 Å². The van der Waals surface area contributed by atoms with Crippen LogP contribution in [0.2, 0.25) is 10.0 Å². The summed E-state index contributed by atoms with van der Waals surface area (Å²) in [7, 11) is 0. The smallest absolute Gasteiger partial charge is 0.255 e. The molecule has 2 N–H and O–H groups in total. The van der Waals surface area contributed by atoms with E-state index >= 15 is 0 Å². The highest BCUT2D eigenvalue weighted by atomic mass is 35.5. The van der Waals surface area contributed by atoms with Gasteiger partial charge in [0.1, 0.15) is 0 Å². The third-order valence-electron chi connectivity index (χ3n) is 3.46. The fourth-order valence-electron chi connectivity index (χ4n) is 2.28. The second-order valence-electron chi connectivity index (χ2n) is 4.81. The Labute approximate surface area is 133 Å². The van der Waals surface area contributed by atoms with Gasteiger partial charge in [0.15, 0.2) is 0 Å². The molecule has 1 aromatic carbocycles. The highest BCUT2D eigenvalue weighted by Crippen LogP contribution is 2.26. The van der Waals surface area contributed by atoms with E-state index in [1.54, 1.807) is 28.0 Å². The summed E-state index contributed by atoms with van der Waals surface area (Å²) < 4.78 is 0. The molecule has 114 valence electrons. The number of hydrogen-bond donors (Lipinski definition) is 1. The molecule has 0 saturated carbocycles. The number of piperazine rings is 1. The van der Waals surface area contributed by atoms with Crippen LogP contribution < -0.4 is 5.73 Å². The number of nitrogens with zero attached hydrogens (tertiary/aromatic N) is 2. The number of halogens is 2. The molecule has 2 rings (SSSR count). The van der Waals surface area contributed by atoms with Crippen molar-refractivity contribution in [1.82, 2.24) is 9.80 Å². The van der Waals surface area contributed by atoms with Gasteiger partial charge in [-0.15, -0.1) is 0 Å². The molecule has 2 amide bonds. The maximum atomic E-state index is 12.4. The standard InChI is InChI=1S/C14H17Cl2N3O2/c15-11-3-1-2-10(13(11)16)14(21)19-8-6-18(7-9-19)12(20)4-5-17/h1-3H,4-9,17H2. The predicted octanol–water partition coefficient (Wildman–Crippen LogP) is 1.63. The third-order valence-corrected chi connectivity index (χ3v) is 4.28. The van der Waals surface area contributed by atoms with Crippen molar-refractivity contribution in [2.45, 2.75) is 6.42 Å². The molecule has 1 saturated heterocycles. The number of carbonyl (C=O) groups is 2. The van der Waals surface area contributed by atoms with Crippen molar-refractivity contribution in [3.05, 3.63) is 33.8 Å². The van der Waals surface area contributed by atoms with E-state index in [1.807, 2.05) is 0 Å². The van der Waals surface area contributed by atoms with Crippen LogP contribution in [0.4, 0.5) is 0 Å². The van der Waals surface area contributed by atoms with Gasteiger partial charge in [-0.25, -0.2) is 0 Å². The lowest BCUT2D eigenvalue weighted by atomic mass is 10.1. The lowest BCUT2D eigenvalue weighted by molar-refractivity contribution is -0.132. The van der Waals surface area contributed by atoms with E-state index in [-0.39, 0.29) is 16.8 Å². The van der Waals surface area contributed by atoms with E-state index in [1.165, 1.54) is 0 Å². The van der Waals surface area contributed by atoms with Gasteiger partial charge < -0.3 is 15.5 Å². The Balaban J connectivity index is 2.00. The zero-order valence-corrected chi connectivity index (χ0v) is 13.0. The first-order chi connectivity index (χ1) is 10.0. The monoisotopic (exact) mass is 329 g/mol. The average Bonchev–Trinajstić information content (AvgIpc) is 2.50. The van der Waals surface area contributed by atoms with Crippen molar-refractivity contribution in [2.24, 2.45) is 5.73 Å². The SMILES string of the molecule is NCCC(=O)N1CCN(C(=O)c2cccc(Cl)c2Cl)CC1. The van der Waals surface area contributed by atoms with E-state index in [0.29, 0.717) is 49.7 Å². The van der Waals surface area contributed by atoms with E-state index in [2.05, 4.69) is 0 Å². The highest BCUT2D eigenvalue weighted by molar-refractivity contribution is 6.43. The number of nitrogens with two attached hydrogens (primary N) is 1. The van der Waals surface area contributed by atoms with Crippen molar-refractivity contribution in [3.8, 4) is 0 Å². The fourth-order valence-corrected chi connectivity index (χ4v) is 2.66. The molecule has 0 bridgehead atoms. The molecule has 0 atom stereocenters. The molecule has 1 fully saturated rings. The lowest BCUT2D eigenvalue weighted by Crippen LogP contribution is -2.50. The van der Waals surface area contributed by atoms with Gasteiger partial charge in [0.25, 0.3) is 5.91 Å². The zero-order chi connectivity index (χ0) is 15.4. The summed E-state index contributed by atoms with van der Waals surface area (Å²) >= 11 is 12.0. The zero-order valence-electron chi connectivity index (χ0n) is 11.5.